The van der Waals surface area contributed by atoms with Crippen LogP contribution in [-0.4, -0.2) is 37.3 Å². The predicted molar refractivity (Wildman–Crippen MR) is 121 cm³/mol. The number of rotatable bonds is 4. The average molecular weight is 430 g/mol. The summed E-state index contributed by atoms with van der Waals surface area (Å²) in [5, 5.41) is 2.99. The Labute approximate surface area is 179 Å². The topological polar surface area (TPSA) is 54.5 Å². The van der Waals surface area contributed by atoms with Crippen LogP contribution in [0.5, 0.6) is 5.75 Å². The molecule has 1 aliphatic heterocycles. The molecule has 1 aromatic heterocycles. The fourth-order valence-electron chi connectivity index (χ4n) is 3.30. The summed E-state index contributed by atoms with van der Waals surface area (Å²) in [5.74, 6) is 1.39. The first-order valence-corrected chi connectivity index (χ1v) is 13.4. The summed E-state index contributed by atoms with van der Waals surface area (Å²) in [6.07, 6.45) is 3.41. The number of pyridine rings is 1. The second kappa shape index (κ2) is 8.76. The van der Waals surface area contributed by atoms with E-state index in [1.54, 1.807) is 12.3 Å². The summed E-state index contributed by atoms with van der Waals surface area (Å²) in [6.45, 7) is 12.3. The Bertz CT molecular complexity index is 856. The molecule has 0 atom stereocenters. The van der Waals surface area contributed by atoms with Crippen LogP contribution in [0.4, 0.5) is 15.0 Å². The molecule has 3 rings (SSSR count). The van der Waals surface area contributed by atoms with Crippen molar-refractivity contribution in [3.8, 4) is 5.75 Å². The van der Waals surface area contributed by atoms with Gasteiger partial charge in [0.15, 0.2) is 0 Å². The van der Waals surface area contributed by atoms with E-state index in [0.29, 0.717) is 24.8 Å². The van der Waals surface area contributed by atoms with Gasteiger partial charge in [-0.1, -0.05) is 32.9 Å². The molecule has 0 aliphatic carbocycles. The molecule has 0 radical (unpaired) electrons. The normalized spacial score (nSPS) is 15.7. The summed E-state index contributed by atoms with van der Waals surface area (Å²) < 4.78 is 19.3. The Morgan fingerprint density at radius 2 is 1.77 bits per heavy atom. The Balaban J connectivity index is 1.52. The molecule has 162 valence electrons. The molecule has 0 unspecified atom stereocenters. The lowest BCUT2D eigenvalue weighted by molar-refractivity contribution is 0.194. The molecule has 0 saturated carbocycles. The van der Waals surface area contributed by atoms with Crippen LogP contribution in [-0.2, 0) is 0 Å². The van der Waals surface area contributed by atoms with Crippen molar-refractivity contribution in [2.45, 2.75) is 57.7 Å². The van der Waals surface area contributed by atoms with Crippen LogP contribution in [0.2, 0.25) is 18.1 Å². The van der Waals surface area contributed by atoms with Crippen molar-refractivity contribution < 1.29 is 13.6 Å². The summed E-state index contributed by atoms with van der Waals surface area (Å²) in [6, 6.07) is 10.2. The molecule has 5 nitrogen and oxygen atoms in total. The first kappa shape index (κ1) is 22.3. The van der Waals surface area contributed by atoms with Crippen LogP contribution in [0.25, 0.3) is 0 Å². The van der Waals surface area contributed by atoms with E-state index >= 15 is 0 Å². The molecule has 1 fully saturated rings. The summed E-state index contributed by atoms with van der Waals surface area (Å²) in [5.41, 5.74) is 1.13. The fourth-order valence-corrected chi connectivity index (χ4v) is 4.32. The highest BCUT2D eigenvalue weighted by Crippen LogP contribution is 2.37. The van der Waals surface area contributed by atoms with Crippen LogP contribution >= 0.6 is 0 Å². The van der Waals surface area contributed by atoms with Crippen molar-refractivity contribution in [3.63, 3.8) is 0 Å². The number of hydrogen-bond donors (Lipinski definition) is 1. The molecule has 30 heavy (non-hydrogen) atoms. The van der Waals surface area contributed by atoms with Crippen molar-refractivity contribution in [1.29, 1.82) is 0 Å². The van der Waals surface area contributed by atoms with Gasteiger partial charge in [-0.25, -0.2) is 14.2 Å². The Hall–Kier alpha value is -2.41. The molecule has 0 spiro atoms. The number of hydrogen-bond acceptors (Lipinski definition) is 3. The number of aromatic nitrogens is 1. The predicted octanol–water partition coefficient (Wildman–Crippen LogP) is 6.02. The van der Waals surface area contributed by atoms with Crippen LogP contribution in [0, 0.1) is 5.82 Å². The highest BCUT2D eigenvalue weighted by atomic mass is 28.4. The van der Waals surface area contributed by atoms with Gasteiger partial charge in [0.2, 0.25) is 0 Å². The van der Waals surface area contributed by atoms with Gasteiger partial charge in [0.25, 0.3) is 8.32 Å². The van der Waals surface area contributed by atoms with Crippen LogP contribution in [0.3, 0.4) is 0 Å². The van der Waals surface area contributed by atoms with Gasteiger partial charge in [0.05, 0.1) is 6.20 Å². The van der Waals surface area contributed by atoms with Crippen molar-refractivity contribution >= 4 is 20.2 Å². The van der Waals surface area contributed by atoms with Gasteiger partial charge < -0.3 is 9.33 Å². The van der Waals surface area contributed by atoms with E-state index in [2.05, 4.69) is 44.2 Å². The van der Waals surface area contributed by atoms with E-state index in [0.717, 1.165) is 24.2 Å². The standard InChI is InChI=1S/C23H32FN3O2Si/c1-23(2,3)30(4,5)29-20-10-11-21(25-16-20)26-22(28)27-14-12-18(13-15-27)17-6-8-19(24)9-7-17/h6-11,16,18H,12-15H2,1-5H3,(H,25,26,28). The monoisotopic (exact) mass is 429 g/mol. The largest absolute Gasteiger partial charge is 0.542 e. The van der Waals surface area contributed by atoms with E-state index in [-0.39, 0.29) is 16.9 Å². The molecule has 2 heterocycles. The highest BCUT2D eigenvalue weighted by molar-refractivity contribution is 6.74. The number of amides is 2. The average Bonchev–Trinajstić information content (AvgIpc) is 2.69. The van der Waals surface area contributed by atoms with E-state index in [4.69, 9.17) is 4.43 Å². The fraction of sp³-hybridized carbons (Fsp3) is 0.478. The third-order valence-corrected chi connectivity index (χ3v) is 10.6. The zero-order valence-electron chi connectivity index (χ0n) is 18.5. The molecule has 7 heteroatoms. The number of carbonyl (C=O) groups is 1. The number of nitrogens with one attached hydrogen (secondary N) is 1. The van der Waals surface area contributed by atoms with Crippen LogP contribution in [0.15, 0.2) is 42.6 Å². The zero-order valence-corrected chi connectivity index (χ0v) is 19.5. The van der Waals surface area contributed by atoms with Gasteiger partial charge in [-0.2, -0.15) is 0 Å². The van der Waals surface area contributed by atoms with Crippen LogP contribution < -0.4 is 9.74 Å². The molecular formula is C23H32FN3O2Si. The first-order chi connectivity index (χ1) is 14.0. The maximum absolute atomic E-state index is 13.1. The summed E-state index contributed by atoms with van der Waals surface area (Å²) >= 11 is 0. The van der Waals surface area contributed by atoms with Crippen LogP contribution in [0.1, 0.15) is 45.1 Å². The number of nitrogens with zero attached hydrogens (tertiary/aromatic N) is 2. The van der Waals surface area contributed by atoms with Gasteiger partial charge in [-0.3, -0.25) is 5.32 Å². The number of halogens is 1. The van der Waals surface area contributed by atoms with Gasteiger partial charge in [-0.05, 0) is 66.7 Å². The number of carbonyl (C=O) groups excluding carboxylic acids is 1. The maximum Gasteiger partial charge on any atom is 0.323 e. The SMILES string of the molecule is CC(C)(C)[Si](C)(C)Oc1ccc(NC(=O)N2CCC(c3ccc(F)cc3)CC2)nc1. The third-order valence-electron chi connectivity index (χ3n) is 6.27. The van der Waals surface area contributed by atoms with E-state index in [9.17, 15) is 9.18 Å². The molecule has 1 aromatic carbocycles. The van der Waals surface area contributed by atoms with Crippen molar-refractivity contribution in [3.05, 3.63) is 54.0 Å². The number of piperidine rings is 1. The Kier molecular flexibility index (Phi) is 6.50. The number of urea groups is 1. The van der Waals surface area contributed by atoms with E-state index < -0.39 is 8.32 Å². The molecule has 2 amide bonds. The van der Waals surface area contributed by atoms with Gasteiger partial charge in [-0.15, -0.1) is 0 Å². The Morgan fingerprint density at radius 1 is 1.13 bits per heavy atom. The highest BCUT2D eigenvalue weighted by Gasteiger charge is 2.39. The minimum Gasteiger partial charge on any atom is -0.542 e. The number of benzene rings is 1. The number of anilines is 1. The van der Waals surface area contributed by atoms with Crippen molar-refractivity contribution in [2.24, 2.45) is 0 Å². The molecule has 0 bridgehead atoms. The lowest BCUT2D eigenvalue weighted by Crippen LogP contribution is -2.43. The molecule has 1 aliphatic rings. The third kappa shape index (κ3) is 5.39. The smallest absolute Gasteiger partial charge is 0.323 e. The second-order valence-corrected chi connectivity index (χ2v) is 14.2. The van der Waals surface area contributed by atoms with E-state index in [1.165, 1.54) is 12.1 Å². The quantitative estimate of drug-likeness (QED) is 0.605. The molecule has 1 N–H and O–H groups in total. The maximum atomic E-state index is 13.1. The lowest BCUT2D eigenvalue weighted by atomic mass is 9.89. The van der Waals surface area contributed by atoms with Crippen molar-refractivity contribution in [2.75, 3.05) is 18.4 Å². The molecular weight excluding hydrogens is 397 g/mol. The summed E-state index contributed by atoms with van der Waals surface area (Å²) in [7, 11) is -1.92. The van der Waals surface area contributed by atoms with Crippen molar-refractivity contribution in [1.82, 2.24) is 9.88 Å². The van der Waals surface area contributed by atoms with Gasteiger partial charge in [0, 0.05) is 13.1 Å². The van der Waals surface area contributed by atoms with Gasteiger partial charge in [0.1, 0.15) is 17.4 Å². The minimum atomic E-state index is -1.92. The first-order valence-electron chi connectivity index (χ1n) is 10.5. The lowest BCUT2D eigenvalue weighted by Gasteiger charge is -2.36. The number of likely N-dealkylation sites (tertiary alicyclic amines) is 1. The second-order valence-electron chi connectivity index (χ2n) is 9.48. The zero-order chi connectivity index (χ0) is 21.9. The summed E-state index contributed by atoms with van der Waals surface area (Å²) in [4.78, 5) is 18.8. The van der Waals surface area contributed by atoms with Gasteiger partial charge >= 0.3 is 6.03 Å². The molecule has 2 aromatic rings. The molecule has 1 saturated heterocycles. The Morgan fingerprint density at radius 3 is 2.30 bits per heavy atom. The minimum absolute atomic E-state index is 0.111. The van der Waals surface area contributed by atoms with E-state index in [1.807, 2.05) is 23.1 Å².